The molecule has 4 rings (SSSR count). The third-order valence-corrected chi connectivity index (χ3v) is 6.04. The summed E-state index contributed by atoms with van der Waals surface area (Å²) in [5, 5.41) is 4.90. The van der Waals surface area contributed by atoms with Gasteiger partial charge < -0.3 is 14.8 Å². The third-order valence-electron chi connectivity index (χ3n) is 4.97. The molecule has 0 spiro atoms. The van der Waals surface area contributed by atoms with Crippen molar-refractivity contribution in [1.82, 2.24) is 14.8 Å². The number of carbonyl (C=O) groups is 2. The van der Waals surface area contributed by atoms with Crippen molar-refractivity contribution in [2.45, 2.75) is 12.8 Å². The molecular formula is C20H21N3O2S. The number of piperidine rings is 1. The Kier molecular flexibility index (Phi) is 4.51. The summed E-state index contributed by atoms with van der Waals surface area (Å²) >= 11 is 1.49. The summed E-state index contributed by atoms with van der Waals surface area (Å²) in [7, 11) is 1.65. The molecule has 0 bridgehead atoms. The minimum absolute atomic E-state index is 0.0197. The second-order valence-corrected chi connectivity index (χ2v) is 7.65. The maximum Gasteiger partial charge on any atom is 0.264 e. The van der Waals surface area contributed by atoms with Crippen LogP contribution < -0.4 is 5.32 Å². The van der Waals surface area contributed by atoms with Crippen molar-refractivity contribution in [1.29, 1.82) is 0 Å². The lowest BCUT2D eigenvalue weighted by Gasteiger charge is -2.31. The van der Waals surface area contributed by atoms with E-state index < -0.39 is 0 Å². The molecule has 2 aromatic heterocycles. The van der Waals surface area contributed by atoms with E-state index in [1.165, 1.54) is 16.7 Å². The van der Waals surface area contributed by atoms with Crippen molar-refractivity contribution in [3.8, 4) is 5.00 Å². The zero-order chi connectivity index (χ0) is 18.1. The maximum atomic E-state index is 12.9. The molecule has 2 amide bonds. The highest BCUT2D eigenvalue weighted by molar-refractivity contribution is 7.16. The Hall–Kier alpha value is -2.60. The zero-order valence-electron chi connectivity index (χ0n) is 14.6. The second-order valence-electron chi connectivity index (χ2n) is 6.59. The average Bonchev–Trinajstić information content (AvgIpc) is 3.33. The van der Waals surface area contributed by atoms with Crippen LogP contribution in [0.25, 0.3) is 15.9 Å². The first kappa shape index (κ1) is 16.8. The summed E-state index contributed by atoms with van der Waals surface area (Å²) < 4.78 is 2.11. The van der Waals surface area contributed by atoms with Gasteiger partial charge in [-0.25, -0.2) is 0 Å². The van der Waals surface area contributed by atoms with Crippen LogP contribution in [0.5, 0.6) is 0 Å². The topological polar surface area (TPSA) is 54.3 Å². The fourth-order valence-electron chi connectivity index (χ4n) is 3.58. The summed E-state index contributed by atoms with van der Waals surface area (Å²) in [5.41, 5.74) is 1.13. The Bertz CT molecular complexity index is 959. The van der Waals surface area contributed by atoms with Crippen molar-refractivity contribution < 1.29 is 9.59 Å². The van der Waals surface area contributed by atoms with Gasteiger partial charge in [-0.3, -0.25) is 9.59 Å². The standard InChI is InChI=1S/C20H21N3O2S/c1-21-19(24)15-6-4-11-22(13-15)20(25)17-8-9-18(26-17)23-12-10-14-5-2-3-7-16(14)23/h2-3,5,7-10,12,15H,4,6,11,13H2,1H3,(H,21,24)/t15-/m0/s1. The van der Waals surface area contributed by atoms with Crippen LogP contribution in [-0.4, -0.2) is 41.4 Å². The van der Waals surface area contributed by atoms with Gasteiger partial charge in [-0.2, -0.15) is 0 Å². The molecule has 134 valence electrons. The first-order valence-corrected chi connectivity index (χ1v) is 9.66. The Labute approximate surface area is 156 Å². The zero-order valence-corrected chi connectivity index (χ0v) is 15.5. The van der Waals surface area contributed by atoms with E-state index in [2.05, 4.69) is 28.1 Å². The molecule has 1 saturated heterocycles. The number of benzene rings is 1. The molecule has 26 heavy (non-hydrogen) atoms. The Morgan fingerprint density at radius 2 is 2.00 bits per heavy atom. The average molecular weight is 367 g/mol. The van der Waals surface area contributed by atoms with Crippen LogP contribution in [-0.2, 0) is 4.79 Å². The highest BCUT2D eigenvalue weighted by atomic mass is 32.1. The number of carbonyl (C=O) groups excluding carboxylic acids is 2. The number of fused-ring (bicyclic) bond motifs is 1. The van der Waals surface area contributed by atoms with E-state index in [0.717, 1.165) is 28.2 Å². The van der Waals surface area contributed by atoms with E-state index >= 15 is 0 Å². The fourth-order valence-corrected chi connectivity index (χ4v) is 4.55. The molecule has 0 radical (unpaired) electrons. The Morgan fingerprint density at radius 1 is 1.15 bits per heavy atom. The molecule has 3 aromatic rings. The minimum atomic E-state index is -0.106. The van der Waals surface area contributed by atoms with Crippen LogP contribution in [0.4, 0.5) is 0 Å². The van der Waals surface area contributed by atoms with Crippen LogP contribution in [0.1, 0.15) is 22.5 Å². The van der Waals surface area contributed by atoms with E-state index in [9.17, 15) is 9.59 Å². The van der Waals surface area contributed by atoms with Gasteiger partial charge in [0.15, 0.2) is 0 Å². The highest BCUT2D eigenvalue weighted by Crippen LogP contribution is 2.28. The number of nitrogens with one attached hydrogen (secondary N) is 1. The number of thiophene rings is 1. The van der Waals surface area contributed by atoms with Crippen LogP contribution in [0.2, 0.25) is 0 Å². The van der Waals surface area contributed by atoms with E-state index in [4.69, 9.17) is 0 Å². The van der Waals surface area contributed by atoms with E-state index in [1.54, 1.807) is 7.05 Å². The molecular weight excluding hydrogens is 346 g/mol. The van der Waals surface area contributed by atoms with Crippen LogP contribution in [0.15, 0.2) is 48.7 Å². The van der Waals surface area contributed by atoms with Gasteiger partial charge in [-0.15, -0.1) is 11.3 Å². The lowest BCUT2D eigenvalue weighted by molar-refractivity contribution is -0.125. The van der Waals surface area contributed by atoms with Crippen LogP contribution in [0.3, 0.4) is 0 Å². The van der Waals surface area contributed by atoms with E-state index in [0.29, 0.717) is 13.1 Å². The summed E-state index contributed by atoms with van der Waals surface area (Å²) in [6.07, 6.45) is 3.74. The molecule has 5 nitrogen and oxygen atoms in total. The number of para-hydroxylation sites is 1. The molecule has 0 unspecified atom stereocenters. The number of aromatic nitrogens is 1. The molecule has 1 aliphatic rings. The molecule has 0 aliphatic carbocycles. The van der Waals surface area contributed by atoms with E-state index in [-0.39, 0.29) is 17.7 Å². The van der Waals surface area contributed by atoms with Gasteiger partial charge in [-0.1, -0.05) is 18.2 Å². The fraction of sp³-hybridized carbons (Fsp3) is 0.300. The van der Waals surface area contributed by atoms with E-state index in [1.807, 2.05) is 35.4 Å². The third kappa shape index (κ3) is 3.01. The molecule has 0 saturated carbocycles. The summed E-state index contributed by atoms with van der Waals surface area (Å²) in [4.78, 5) is 27.3. The normalized spacial score (nSPS) is 17.4. The quantitative estimate of drug-likeness (QED) is 0.772. The largest absolute Gasteiger partial charge is 0.359 e. The lowest BCUT2D eigenvalue weighted by Crippen LogP contribution is -2.44. The maximum absolute atomic E-state index is 12.9. The van der Waals surface area contributed by atoms with Gasteiger partial charge in [0.2, 0.25) is 5.91 Å². The van der Waals surface area contributed by atoms with Gasteiger partial charge in [0, 0.05) is 26.3 Å². The number of nitrogens with zero attached hydrogens (tertiary/aromatic N) is 2. The predicted molar refractivity (Wildman–Crippen MR) is 104 cm³/mol. The smallest absolute Gasteiger partial charge is 0.264 e. The molecule has 1 aromatic carbocycles. The highest BCUT2D eigenvalue weighted by Gasteiger charge is 2.29. The minimum Gasteiger partial charge on any atom is -0.359 e. The molecule has 6 heteroatoms. The van der Waals surface area contributed by atoms with Gasteiger partial charge >= 0.3 is 0 Å². The molecule has 1 atom stereocenters. The number of hydrogen-bond donors (Lipinski definition) is 1. The molecule has 3 heterocycles. The van der Waals surface area contributed by atoms with Gasteiger partial charge in [0.05, 0.1) is 16.3 Å². The first-order valence-electron chi connectivity index (χ1n) is 8.84. The monoisotopic (exact) mass is 367 g/mol. The van der Waals surface area contributed by atoms with Crippen molar-refractivity contribution in [2.24, 2.45) is 5.92 Å². The summed E-state index contributed by atoms with van der Waals surface area (Å²) in [5.74, 6) is -0.0648. The van der Waals surface area contributed by atoms with Crippen LogP contribution in [0, 0.1) is 5.92 Å². The number of rotatable bonds is 3. The molecule has 1 aliphatic heterocycles. The van der Waals surface area contributed by atoms with Crippen LogP contribution >= 0.6 is 11.3 Å². The summed E-state index contributed by atoms with van der Waals surface area (Å²) in [6, 6.07) is 14.2. The number of amides is 2. The van der Waals surface area contributed by atoms with Crippen molar-refractivity contribution in [3.63, 3.8) is 0 Å². The van der Waals surface area contributed by atoms with Gasteiger partial charge in [-0.05, 0) is 42.5 Å². The first-order chi connectivity index (χ1) is 12.7. The second kappa shape index (κ2) is 6.96. The lowest BCUT2D eigenvalue weighted by atomic mass is 9.97. The summed E-state index contributed by atoms with van der Waals surface area (Å²) in [6.45, 7) is 1.21. The SMILES string of the molecule is CNC(=O)[C@H]1CCCN(C(=O)c2ccc(-n3ccc4ccccc43)s2)C1. The Morgan fingerprint density at radius 3 is 2.85 bits per heavy atom. The number of hydrogen-bond acceptors (Lipinski definition) is 3. The van der Waals surface area contributed by atoms with Crippen molar-refractivity contribution in [3.05, 3.63) is 53.5 Å². The predicted octanol–water partition coefficient (Wildman–Crippen LogP) is 3.29. The molecule has 1 N–H and O–H groups in total. The van der Waals surface area contributed by atoms with Crippen molar-refractivity contribution in [2.75, 3.05) is 20.1 Å². The van der Waals surface area contributed by atoms with Gasteiger partial charge in [0.25, 0.3) is 5.91 Å². The van der Waals surface area contributed by atoms with Crippen molar-refractivity contribution >= 4 is 34.1 Å². The van der Waals surface area contributed by atoms with Gasteiger partial charge in [0.1, 0.15) is 5.00 Å². The number of likely N-dealkylation sites (tertiary alicyclic amines) is 1. The Balaban J connectivity index is 1.56. The molecule has 1 fully saturated rings.